The predicted molar refractivity (Wildman–Crippen MR) is 127 cm³/mol. The summed E-state index contributed by atoms with van der Waals surface area (Å²) in [5, 5.41) is 12.0. The average Bonchev–Trinajstić information content (AvgIpc) is 3.26. The van der Waals surface area contributed by atoms with Gasteiger partial charge in [0, 0.05) is 23.9 Å². The molecule has 40 heavy (non-hydrogen) atoms. The predicted octanol–water partition coefficient (Wildman–Crippen LogP) is 4.59. The minimum atomic E-state index is -5.66. The van der Waals surface area contributed by atoms with Crippen LogP contribution in [0, 0.1) is 23.7 Å². The van der Waals surface area contributed by atoms with E-state index in [4.69, 9.17) is 5.73 Å². The van der Waals surface area contributed by atoms with Crippen LogP contribution in [0.3, 0.4) is 0 Å². The van der Waals surface area contributed by atoms with Crippen LogP contribution in [-0.2, 0) is 15.1 Å². The molecular weight excluding hydrogens is 546 g/mol. The number of aryl methyl sites for hydroxylation is 1. The van der Waals surface area contributed by atoms with E-state index < -0.39 is 40.8 Å². The fraction of sp³-hybridized carbons (Fsp3) is 0.400. The Bertz CT molecular complexity index is 1540. The molecule has 2 heterocycles. The number of nitriles is 1. The number of nitrogens with one attached hydrogen (secondary N) is 1. The number of aromatic nitrogens is 3. The number of benzene rings is 1. The zero-order chi connectivity index (χ0) is 29.7. The molecule has 4 rings (SSSR count). The van der Waals surface area contributed by atoms with Gasteiger partial charge in [0.05, 0.1) is 23.4 Å². The Morgan fingerprint density at radius 1 is 1.23 bits per heavy atom. The zero-order valence-electron chi connectivity index (χ0n) is 21.1. The second-order valence-corrected chi connectivity index (χ2v) is 9.72. The molecule has 15 heteroatoms. The summed E-state index contributed by atoms with van der Waals surface area (Å²) in [5.74, 6) is -3.83. The fourth-order valence-electron chi connectivity index (χ4n) is 4.31. The molecule has 0 bridgehead atoms. The van der Waals surface area contributed by atoms with Gasteiger partial charge in [-0.25, -0.2) is 14.8 Å². The number of carbonyl (C=O) groups is 2. The molecule has 2 aromatic heterocycles. The molecule has 1 aliphatic rings. The summed E-state index contributed by atoms with van der Waals surface area (Å²) in [4.78, 5) is 32.4. The molecular formula is C25H22F6N6O3. The fourth-order valence-corrected chi connectivity index (χ4v) is 4.31. The number of nitrogen functional groups attached to an aromatic ring is 1. The normalized spacial score (nSPS) is 16.5. The first-order chi connectivity index (χ1) is 18.5. The number of carbonyl (C=O) groups excluding carboxylic acids is 2. The maximum atomic E-state index is 14.0. The Balaban J connectivity index is 1.76. The van der Waals surface area contributed by atoms with Crippen molar-refractivity contribution in [3.8, 4) is 17.3 Å². The minimum Gasteiger partial charge on any atom is -0.438 e. The highest BCUT2D eigenvalue weighted by atomic mass is 19.4. The number of hydrogen-bond donors (Lipinski definition) is 2. The van der Waals surface area contributed by atoms with E-state index in [-0.39, 0.29) is 35.0 Å². The van der Waals surface area contributed by atoms with Crippen LogP contribution >= 0.6 is 0 Å². The summed E-state index contributed by atoms with van der Waals surface area (Å²) in [5.41, 5.74) is 1.40. The van der Waals surface area contributed by atoms with Crippen molar-refractivity contribution in [2.45, 2.75) is 51.1 Å². The molecule has 0 spiro atoms. The molecule has 9 nitrogen and oxygen atoms in total. The van der Waals surface area contributed by atoms with Crippen LogP contribution in [0.15, 0.2) is 30.6 Å². The lowest BCUT2D eigenvalue weighted by Gasteiger charge is -2.34. The molecule has 0 aliphatic heterocycles. The van der Waals surface area contributed by atoms with Crippen LogP contribution in [-0.4, -0.2) is 45.1 Å². The van der Waals surface area contributed by atoms with Crippen LogP contribution in [0.1, 0.15) is 47.8 Å². The highest BCUT2D eigenvalue weighted by Gasteiger charge is 2.59. The van der Waals surface area contributed by atoms with Crippen molar-refractivity contribution in [2.24, 2.45) is 5.41 Å². The number of nitrogens with zero attached hydrogens (tertiary/aromatic N) is 4. The van der Waals surface area contributed by atoms with E-state index in [0.717, 1.165) is 18.6 Å². The minimum absolute atomic E-state index is 0.0610. The standard InChI is InChI=1S/C25H22F6N6O3/c1-13-4-5-14(22(2,25(29,30)31)40-21(39)24(26,27)28)8-15(13)17-9-34-19-18(33)36-16(10-37(17)19)20(38)35-12-23(11-32)6-3-7-23/h4-5,8-10H,3,6-7,12H2,1-2H3,(H2,33,36)(H,35,38). The second-order valence-electron chi connectivity index (χ2n) is 9.72. The van der Waals surface area contributed by atoms with Gasteiger partial charge >= 0.3 is 18.3 Å². The zero-order valence-corrected chi connectivity index (χ0v) is 21.1. The van der Waals surface area contributed by atoms with Gasteiger partial charge in [0.25, 0.3) is 5.91 Å². The topological polar surface area (TPSA) is 135 Å². The maximum absolute atomic E-state index is 14.0. The third-order valence-corrected chi connectivity index (χ3v) is 7.02. The number of alkyl halides is 6. The molecule has 0 radical (unpaired) electrons. The molecule has 3 N–H and O–H groups in total. The van der Waals surface area contributed by atoms with Gasteiger partial charge in [0.2, 0.25) is 5.60 Å². The van der Waals surface area contributed by atoms with Gasteiger partial charge < -0.3 is 15.8 Å². The molecule has 212 valence electrons. The van der Waals surface area contributed by atoms with Gasteiger partial charge in [-0.1, -0.05) is 18.6 Å². The monoisotopic (exact) mass is 568 g/mol. The third-order valence-electron chi connectivity index (χ3n) is 7.02. The maximum Gasteiger partial charge on any atom is 0.490 e. The van der Waals surface area contributed by atoms with Crippen LogP contribution in [0.25, 0.3) is 16.9 Å². The molecule has 1 unspecified atom stereocenters. The number of nitrogens with two attached hydrogens (primary N) is 1. The van der Waals surface area contributed by atoms with Crippen molar-refractivity contribution in [3.05, 3.63) is 47.4 Å². The van der Waals surface area contributed by atoms with Crippen LogP contribution in [0.4, 0.5) is 32.2 Å². The van der Waals surface area contributed by atoms with Crippen molar-refractivity contribution >= 4 is 23.3 Å². The number of amides is 1. The summed E-state index contributed by atoms with van der Waals surface area (Å²) in [6.07, 6.45) is -6.45. The smallest absolute Gasteiger partial charge is 0.438 e. The van der Waals surface area contributed by atoms with E-state index in [1.807, 2.05) is 0 Å². The number of esters is 1. The van der Waals surface area contributed by atoms with E-state index in [9.17, 15) is 41.2 Å². The summed E-state index contributed by atoms with van der Waals surface area (Å²) < 4.78 is 85.8. The number of rotatable bonds is 6. The van der Waals surface area contributed by atoms with Gasteiger partial charge in [-0.3, -0.25) is 9.20 Å². The number of hydrogen-bond acceptors (Lipinski definition) is 7. The summed E-state index contributed by atoms with van der Waals surface area (Å²) in [6.45, 7) is 1.94. The number of anilines is 1. The largest absolute Gasteiger partial charge is 0.490 e. The molecule has 3 aromatic rings. The van der Waals surface area contributed by atoms with Crippen LogP contribution in [0.2, 0.25) is 0 Å². The number of imidazole rings is 1. The second kappa shape index (κ2) is 9.68. The van der Waals surface area contributed by atoms with Gasteiger partial charge in [-0.05, 0) is 38.3 Å². The van der Waals surface area contributed by atoms with Crippen molar-refractivity contribution in [1.29, 1.82) is 5.26 Å². The summed E-state index contributed by atoms with van der Waals surface area (Å²) in [7, 11) is 0. The molecule has 1 saturated carbocycles. The van der Waals surface area contributed by atoms with Crippen molar-refractivity contribution in [3.63, 3.8) is 0 Å². The van der Waals surface area contributed by atoms with E-state index in [0.29, 0.717) is 25.3 Å². The molecule has 1 atom stereocenters. The summed E-state index contributed by atoms with van der Waals surface area (Å²) in [6, 6.07) is 5.24. The number of ether oxygens (including phenoxy) is 1. The van der Waals surface area contributed by atoms with E-state index in [2.05, 4.69) is 26.1 Å². The van der Waals surface area contributed by atoms with Gasteiger partial charge in [0.15, 0.2) is 11.5 Å². The average molecular weight is 568 g/mol. The Kier molecular flexibility index (Phi) is 6.94. The van der Waals surface area contributed by atoms with Gasteiger partial charge in [-0.2, -0.15) is 31.6 Å². The molecule has 0 saturated heterocycles. The first-order valence-electron chi connectivity index (χ1n) is 11.8. The van der Waals surface area contributed by atoms with E-state index in [1.165, 1.54) is 29.8 Å². The Labute approximate surface area is 222 Å². The Morgan fingerprint density at radius 3 is 2.45 bits per heavy atom. The van der Waals surface area contributed by atoms with Crippen molar-refractivity contribution in [2.75, 3.05) is 12.3 Å². The lowest BCUT2D eigenvalue weighted by Crippen LogP contribution is -2.46. The lowest BCUT2D eigenvalue weighted by atomic mass is 9.70. The summed E-state index contributed by atoms with van der Waals surface area (Å²) >= 11 is 0. The Hall–Kier alpha value is -4.35. The Morgan fingerprint density at radius 2 is 1.90 bits per heavy atom. The van der Waals surface area contributed by atoms with Crippen LogP contribution in [0.5, 0.6) is 0 Å². The first-order valence-corrected chi connectivity index (χ1v) is 11.8. The van der Waals surface area contributed by atoms with E-state index in [1.54, 1.807) is 0 Å². The highest BCUT2D eigenvalue weighted by Crippen LogP contribution is 2.45. The van der Waals surface area contributed by atoms with Crippen LogP contribution < -0.4 is 11.1 Å². The molecule has 1 aromatic carbocycles. The van der Waals surface area contributed by atoms with Gasteiger partial charge in [-0.15, -0.1) is 0 Å². The molecule has 1 aliphatic carbocycles. The van der Waals surface area contributed by atoms with Crippen molar-refractivity contribution < 1.29 is 40.7 Å². The first kappa shape index (κ1) is 28.7. The van der Waals surface area contributed by atoms with Crippen molar-refractivity contribution in [1.82, 2.24) is 19.7 Å². The molecule has 1 amide bonds. The molecule has 1 fully saturated rings. The number of halogens is 6. The third kappa shape index (κ3) is 5.01. The lowest BCUT2D eigenvalue weighted by molar-refractivity contribution is -0.285. The van der Waals surface area contributed by atoms with E-state index >= 15 is 0 Å². The quantitative estimate of drug-likeness (QED) is 0.328. The number of fused-ring (bicyclic) bond motifs is 1. The highest BCUT2D eigenvalue weighted by molar-refractivity contribution is 5.93. The SMILES string of the molecule is Cc1ccc(C(C)(OC(=O)C(F)(F)F)C(F)(F)F)cc1-c1cnc2c(N)nc(C(=O)NCC3(C#N)CCC3)cn12. The van der Waals surface area contributed by atoms with Gasteiger partial charge in [0.1, 0.15) is 5.69 Å².